The normalized spacial score (nSPS) is 11.3. The van der Waals surface area contributed by atoms with Gasteiger partial charge < -0.3 is 10.6 Å². The summed E-state index contributed by atoms with van der Waals surface area (Å²) in [4.78, 5) is 8.26. The fourth-order valence-electron chi connectivity index (χ4n) is 1.58. The van der Waals surface area contributed by atoms with Gasteiger partial charge in [0.25, 0.3) is 0 Å². The van der Waals surface area contributed by atoms with Crippen molar-refractivity contribution in [1.82, 2.24) is 9.97 Å². The lowest BCUT2D eigenvalue weighted by Gasteiger charge is -2.13. The molecule has 0 aliphatic rings. The minimum absolute atomic E-state index is 0.128. The first-order chi connectivity index (χ1) is 8.48. The highest BCUT2D eigenvalue weighted by atomic mass is 32.2. The molecule has 0 fully saturated rings. The van der Waals surface area contributed by atoms with Crippen molar-refractivity contribution in [3.8, 4) is 0 Å². The highest BCUT2D eigenvalue weighted by Crippen LogP contribution is 2.20. The maximum Gasteiger partial charge on any atom is 0.210 e. The van der Waals surface area contributed by atoms with Gasteiger partial charge in [0.15, 0.2) is 0 Å². The molecule has 18 heavy (non-hydrogen) atoms. The van der Waals surface area contributed by atoms with Crippen LogP contribution < -0.4 is 15.8 Å². The quantitative estimate of drug-likeness (QED) is 0.653. The Morgan fingerprint density at radius 2 is 2.00 bits per heavy atom. The van der Waals surface area contributed by atoms with Crippen LogP contribution in [0.3, 0.4) is 0 Å². The van der Waals surface area contributed by atoms with E-state index in [4.69, 9.17) is 5.14 Å². The van der Waals surface area contributed by atoms with Gasteiger partial charge in [0.05, 0.1) is 5.75 Å². The van der Waals surface area contributed by atoms with Crippen molar-refractivity contribution in [2.45, 2.75) is 19.8 Å². The number of rotatable bonds is 7. The first-order valence-corrected chi connectivity index (χ1v) is 7.45. The molecule has 0 atom stereocenters. The summed E-state index contributed by atoms with van der Waals surface area (Å²) in [5.41, 5.74) is 0.955. The average molecular weight is 273 g/mol. The molecule has 1 heterocycles. The number of sulfonamides is 1. The van der Waals surface area contributed by atoms with Crippen LogP contribution in [0.1, 0.15) is 18.9 Å². The Kier molecular flexibility index (Phi) is 5.29. The van der Waals surface area contributed by atoms with Gasteiger partial charge in [0.2, 0.25) is 10.0 Å². The molecule has 0 saturated carbocycles. The summed E-state index contributed by atoms with van der Waals surface area (Å²) in [6.45, 7) is 2.29. The minimum Gasteiger partial charge on any atom is -0.373 e. The van der Waals surface area contributed by atoms with E-state index in [1.54, 1.807) is 7.05 Å². The highest BCUT2D eigenvalue weighted by Gasteiger charge is 2.10. The number of anilines is 2. The summed E-state index contributed by atoms with van der Waals surface area (Å²) in [6.07, 6.45) is 3.20. The van der Waals surface area contributed by atoms with Crippen LogP contribution in [-0.2, 0) is 16.4 Å². The summed E-state index contributed by atoms with van der Waals surface area (Å²) >= 11 is 0. The Morgan fingerprint density at radius 3 is 2.56 bits per heavy atom. The van der Waals surface area contributed by atoms with E-state index in [1.807, 2.05) is 0 Å². The molecule has 0 aromatic carbocycles. The molecule has 0 spiro atoms. The van der Waals surface area contributed by atoms with Gasteiger partial charge >= 0.3 is 0 Å². The first-order valence-electron chi connectivity index (χ1n) is 5.74. The maximum absolute atomic E-state index is 10.8. The van der Waals surface area contributed by atoms with Crippen LogP contribution in [0, 0.1) is 0 Å². The van der Waals surface area contributed by atoms with E-state index >= 15 is 0 Å². The third-order valence-electron chi connectivity index (χ3n) is 2.36. The molecule has 1 rings (SSSR count). The van der Waals surface area contributed by atoms with Crippen LogP contribution in [0.4, 0.5) is 11.6 Å². The molecular formula is C10H19N5O2S. The van der Waals surface area contributed by atoms with Crippen molar-refractivity contribution in [2.24, 2.45) is 5.14 Å². The molecule has 0 radical (unpaired) electrons. The molecule has 0 unspecified atom stereocenters. The smallest absolute Gasteiger partial charge is 0.210 e. The van der Waals surface area contributed by atoms with E-state index in [0.29, 0.717) is 5.82 Å². The summed E-state index contributed by atoms with van der Waals surface area (Å²) in [7, 11) is -1.67. The van der Waals surface area contributed by atoms with Gasteiger partial charge in [-0.1, -0.05) is 13.3 Å². The Morgan fingerprint density at radius 1 is 1.33 bits per heavy atom. The summed E-state index contributed by atoms with van der Waals surface area (Å²) < 4.78 is 21.7. The zero-order valence-corrected chi connectivity index (χ0v) is 11.4. The predicted octanol–water partition coefficient (Wildman–Crippen LogP) is 0.171. The summed E-state index contributed by atoms with van der Waals surface area (Å²) in [6, 6.07) is 0. The number of nitrogens with one attached hydrogen (secondary N) is 2. The molecule has 0 saturated heterocycles. The number of primary sulfonamides is 1. The van der Waals surface area contributed by atoms with Crippen molar-refractivity contribution < 1.29 is 8.42 Å². The highest BCUT2D eigenvalue weighted by molar-refractivity contribution is 7.89. The number of hydrogen-bond acceptors (Lipinski definition) is 6. The van der Waals surface area contributed by atoms with E-state index < -0.39 is 10.0 Å². The van der Waals surface area contributed by atoms with Crippen LogP contribution in [0.2, 0.25) is 0 Å². The summed E-state index contributed by atoms with van der Waals surface area (Å²) in [5, 5.41) is 10.9. The fraction of sp³-hybridized carbons (Fsp3) is 0.600. The van der Waals surface area contributed by atoms with Crippen LogP contribution in [0.5, 0.6) is 0 Å². The Hall–Kier alpha value is -1.41. The standard InChI is InChI=1S/C10H19N5O2S/c1-3-4-8-9(12-2)14-7-15-10(8)13-5-6-18(11,16)17/h7H,3-6H2,1-2H3,(H2,11,16,17)(H2,12,13,14,15). The van der Waals surface area contributed by atoms with Gasteiger partial charge in [-0.2, -0.15) is 0 Å². The van der Waals surface area contributed by atoms with Gasteiger partial charge in [0, 0.05) is 19.2 Å². The summed E-state index contributed by atoms with van der Waals surface area (Å²) in [5.74, 6) is 1.28. The Balaban J connectivity index is 2.81. The largest absolute Gasteiger partial charge is 0.373 e. The SMILES string of the molecule is CCCc1c(NC)ncnc1NCCS(N)(=O)=O. The monoisotopic (exact) mass is 273 g/mol. The van der Waals surface area contributed by atoms with E-state index in [-0.39, 0.29) is 12.3 Å². The molecule has 0 bridgehead atoms. The fourth-order valence-corrected chi connectivity index (χ4v) is 1.97. The lowest BCUT2D eigenvalue weighted by Crippen LogP contribution is -2.23. The van der Waals surface area contributed by atoms with E-state index in [1.165, 1.54) is 6.33 Å². The van der Waals surface area contributed by atoms with Crippen LogP contribution in [-0.4, -0.2) is 37.7 Å². The van der Waals surface area contributed by atoms with Gasteiger partial charge in [0.1, 0.15) is 18.0 Å². The van der Waals surface area contributed by atoms with Gasteiger partial charge in [-0.25, -0.2) is 23.5 Å². The number of nitrogens with two attached hydrogens (primary N) is 1. The topological polar surface area (TPSA) is 110 Å². The minimum atomic E-state index is -3.46. The predicted molar refractivity (Wildman–Crippen MR) is 72.0 cm³/mol. The molecule has 102 valence electrons. The molecule has 8 heteroatoms. The second-order valence-corrected chi connectivity index (χ2v) is 5.58. The number of nitrogens with zero attached hydrogens (tertiary/aromatic N) is 2. The lowest BCUT2D eigenvalue weighted by atomic mass is 10.1. The zero-order chi connectivity index (χ0) is 13.6. The molecule has 1 aromatic heterocycles. The van der Waals surface area contributed by atoms with Crippen molar-refractivity contribution in [2.75, 3.05) is 30.0 Å². The van der Waals surface area contributed by atoms with E-state index in [2.05, 4.69) is 27.5 Å². The average Bonchev–Trinajstić information content (AvgIpc) is 2.29. The van der Waals surface area contributed by atoms with Crippen molar-refractivity contribution in [3.05, 3.63) is 11.9 Å². The van der Waals surface area contributed by atoms with Crippen molar-refractivity contribution in [1.29, 1.82) is 0 Å². The Bertz CT molecular complexity index is 489. The molecule has 0 aliphatic heterocycles. The van der Waals surface area contributed by atoms with Gasteiger partial charge in [-0.3, -0.25) is 0 Å². The number of aromatic nitrogens is 2. The second kappa shape index (κ2) is 6.50. The lowest BCUT2D eigenvalue weighted by molar-refractivity contribution is 0.598. The first kappa shape index (κ1) is 14.7. The zero-order valence-electron chi connectivity index (χ0n) is 10.6. The molecule has 1 aromatic rings. The molecule has 4 N–H and O–H groups in total. The molecule has 0 amide bonds. The van der Waals surface area contributed by atoms with Crippen LogP contribution >= 0.6 is 0 Å². The third-order valence-corrected chi connectivity index (χ3v) is 3.13. The van der Waals surface area contributed by atoms with Crippen molar-refractivity contribution >= 4 is 21.7 Å². The molecule has 0 aliphatic carbocycles. The van der Waals surface area contributed by atoms with E-state index in [9.17, 15) is 8.42 Å². The van der Waals surface area contributed by atoms with Crippen molar-refractivity contribution in [3.63, 3.8) is 0 Å². The van der Waals surface area contributed by atoms with Crippen LogP contribution in [0.25, 0.3) is 0 Å². The maximum atomic E-state index is 10.8. The van der Waals surface area contributed by atoms with Gasteiger partial charge in [-0.05, 0) is 6.42 Å². The van der Waals surface area contributed by atoms with Gasteiger partial charge in [-0.15, -0.1) is 0 Å². The second-order valence-electron chi connectivity index (χ2n) is 3.84. The number of hydrogen-bond donors (Lipinski definition) is 3. The molecule has 7 nitrogen and oxygen atoms in total. The van der Waals surface area contributed by atoms with E-state index in [0.717, 1.165) is 24.2 Å². The Labute approximate surface area is 107 Å². The molecular weight excluding hydrogens is 254 g/mol. The third kappa shape index (κ3) is 4.46. The van der Waals surface area contributed by atoms with Crippen LogP contribution in [0.15, 0.2) is 6.33 Å².